The lowest BCUT2D eigenvalue weighted by molar-refractivity contribution is -0.0232. The molecular weight excluding hydrogens is 154 g/mol. The smallest absolute Gasteiger partial charge is 0.409 e. The molecule has 2 aliphatic rings. The molecule has 1 aliphatic carbocycles. The van der Waals surface area contributed by atoms with Gasteiger partial charge in [0.05, 0.1) is 0 Å². The number of ether oxygens (including phenoxy) is 1. The third kappa shape index (κ3) is 1.28. The van der Waals surface area contributed by atoms with Crippen molar-refractivity contribution in [3.63, 3.8) is 0 Å². The molecule has 68 valence electrons. The van der Waals surface area contributed by atoms with Gasteiger partial charge in [0.1, 0.15) is 6.10 Å². The molecule has 0 unspecified atom stereocenters. The van der Waals surface area contributed by atoms with Crippen LogP contribution in [-0.4, -0.2) is 30.7 Å². The van der Waals surface area contributed by atoms with Crippen molar-refractivity contribution in [3.8, 4) is 0 Å². The summed E-state index contributed by atoms with van der Waals surface area (Å²) in [6.45, 7) is 0.892. The second-order valence-corrected chi connectivity index (χ2v) is 3.85. The van der Waals surface area contributed by atoms with Gasteiger partial charge in [0.15, 0.2) is 0 Å². The fraction of sp³-hybridized carbons (Fsp3) is 0.889. The van der Waals surface area contributed by atoms with E-state index in [1.165, 1.54) is 19.3 Å². The minimum Gasteiger partial charge on any atom is -0.446 e. The fourth-order valence-corrected chi connectivity index (χ4v) is 2.18. The van der Waals surface area contributed by atoms with Gasteiger partial charge in [-0.3, -0.25) is 0 Å². The van der Waals surface area contributed by atoms with Crippen molar-refractivity contribution < 1.29 is 9.53 Å². The van der Waals surface area contributed by atoms with Crippen LogP contribution in [0.3, 0.4) is 0 Å². The van der Waals surface area contributed by atoms with E-state index in [1.54, 1.807) is 4.90 Å². The van der Waals surface area contributed by atoms with Crippen molar-refractivity contribution in [2.75, 3.05) is 13.6 Å². The molecule has 1 saturated heterocycles. The maximum absolute atomic E-state index is 11.2. The van der Waals surface area contributed by atoms with Crippen LogP contribution in [0.15, 0.2) is 0 Å². The molecule has 1 amide bonds. The van der Waals surface area contributed by atoms with Crippen LogP contribution >= 0.6 is 0 Å². The summed E-state index contributed by atoms with van der Waals surface area (Å²) in [7, 11) is 1.81. The van der Waals surface area contributed by atoms with E-state index in [4.69, 9.17) is 4.74 Å². The zero-order valence-electron chi connectivity index (χ0n) is 7.45. The summed E-state index contributed by atoms with van der Waals surface area (Å²) in [4.78, 5) is 12.8. The molecule has 0 aromatic rings. The Hall–Kier alpha value is -0.730. The van der Waals surface area contributed by atoms with Gasteiger partial charge in [0, 0.05) is 19.5 Å². The monoisotopic (exact) mass is 169 g/mol. The van der Waals surface area contributed by atoms with Crippen molar-refractivity contribution in [2.24, 2.45) is 5.92 Å². The number of amides is 1. The van der Waals surface area contributed by atoms with Crippen LogP contribution in [0.4, 0.5) is 4.79 Å². The summed E-state index contributed by atoms with van der Waals surface area (Å²) in [5, 5.41) is 0. The molecule has 2 rings (SSSR count). The molecule has 0 spiro atoms. The Bertz CT molecular complexity index is 193. The highest BCUT2D eigenvalue weighted by Gasteiger charge is 2.35. The largest absolute Gasteiger partial charge is 0.446 e. The Morgan fingerprint density at radius 3 is 3.00 bits per heavy atom. The van der Waals surface area contributed by atoms with Gasteiger partial charge in [-0.05, 0) is 19.3 Å². The average molecular weight is 169 g/mol. The maximum Gasteiger partial charge on any atom is 0.409 e. The van der Waals surface area contributed by atoms with Gasteiger partial charge in [-0.25, -0.2) is 4.79 Å². The number of nitrogens with zero attached hydrogens (tertiary/aromatic N) is 1. The predicted octanol–water partition coefficient (Wildman–Crippen LogP) is 1.63. The van der Waals surface area contributed by atoms with Gasteiger partial charge >= 0.3 is 6.09 Å². The molecular formula is C9H15NO2. The van der Waals surface area contributed by atoms with Crippen molar-refractivity contribution >= 4 is 6.09 Å². The number of hydrogen-bond acceptors (Lipinski definition) is 2. The summed E-state index contributed by atoms with van der Waals surface area (Å²) < 4.78 is 5.29. The predicted molar refractivity (Wildman–Crippen MR) is 44.9 cm³/mol. The Balaban J connectivity index is 2.02. The Kier molecular flexibility index (Phi) is 1.95. The number of carbonyl (C=O) groups excluding carboxylic acids is 1. The quantitative estimate of drug-likeness (QED) is 0.551. The van der Waals surface area contributed by atoms with Crippen molar-refractivity contribution in [2.45, 2.75) is 31.8 Å². The molecule has 0 aromatic carbocycles. The van der Waals surface area contributed by atoms with Crippen LogP contribution < -0.4 is 0 Å². The summed E-state index contributed by atoms with van der Waals surface area (Å²) >= 11 is 0. The van der Waals surface area contributed by atoms with E-state index < -0.39 is 0 Å². The lowest BCUT2D eigenvalue weighted by Gasteiger charge is -2.38. The maximum atomic E-state index is 11.2. The first-order valence-corrected chi connectivity index (χ1v) is 4.69. The van der Waals surface area contributed by atoms with Gasteiger partial charge in [0.2, 0.25) is 0 Å². The van der Waals surface area contributed by atoms with E-state index in [0.717, 1.165) is 13.0 Å². The van der Waals surface area contributed by atoms with Gasteiger partial charge in [-0.2, -0.15) is 0 Å². The van der Waals surface area contributed by atoms with E-state index in [-0.39, 0.29) is 12.2 Å². The molecule has 12 heavy (non-hydrogen) atoms. The lowest BCUT2D eigenvalue weighted by atomic mass is 9.85. The highest BCUT2D eigenvalue weighted by atomic mass is 16.6. The number of rotatable bonds is 0. The van der Waals surface area contributed by atoms with Crippen LogP contribution in [0, 0.1) is 5.92 Å². The van der Waals surface area contributed by atoms with Gasteiger partial charge in [-0.1, -0.05) is 6.42 Å². The standard InChI is InChI=1S/C9H15NO2/c1-10-6-7-4-2-3-5-8(7)12-9(10)11/h7-8H,2-6H2,1H3/t7-,8-/m0/s1. The van der Waals surface area contributed by atoms with Gasteiger partial charge in [-0.15, -0.1) is 0 Å². The molecule has 1 saturated carbocycles. The molecule has 1 heterocycles. The van der Waals surface area contributed by atoms with Crippen molar-refractivity contribution in [1.29, 1.82) is 0 Å². The zero-order valence-corrected chi connectivity index (χ0v) is 7.45. The third-order valence-electron chi connectivity index (χ3n) is 2.91. The van der Waals surface area contributed by atoms with E-state index in [1.807, 2.05) is 7.05 Å². The fourth-order valence-electron chi connectivity index (χ4n) is 2.18. The van der Waals surface area contributed by atoms with E-state index in [0.29, 0.717) is 5.92 Å². The number of hydrogen-bond donors (Lipinski definition) is 0. The first-order valence-electron chi connectivity index (χ1n) is 4.69. The lowest BCUT2D eigenvalue weighted by Crippen LogP contribution is -2.47. The Morgan fingerprint density at radius 1 is 1.42 bits per heavy atom. The highest BCUT2D eigenvalue weighted by Crippen LogP contribution is 2.30. The SMILES string of the molecule is CN1C[C@@H]2CCCC[C@@H]2OC1=O. The van der Waals surface area contributed by atoms with E-state index in [2.05, 4.69) is 0 Å². The Labute approximate surface area is 72.7 Å². The minimum atomic E-state index is -0.141. The van der Waals surface area contributed by atoms with Crippen LogP contribution in [0.5, 0.6) is 0 Å². The summed E-state index contributed by atoms with van der Waals surface area (Å²) in [6.07, 6.45) is 4.90. The number of fused-ring (bicyclic) bond motifs is 1. The second-order valence-electron chi connectivity index (χ2n) is 3.85. The third-order valence-corrected chi connectivity index (χ3v) is 2.91. The molecule has 0 N–H and O–H groups in total. The molecule has 2 fully saturated rings. The molecule has 3 heteroatoms. The van der Waals surface area contributed by atoms with Gasteiger partial charge < -0.3 is 9.64 Å². The first kappa shape index (κ1) is 7.90. The van der Waals surface area contributed by atoms with Crippen molar-refractivity contribution in [3.05, 3.63) is 0 Å². The van der Waals surface area contributed by atoms with Crippen molar-refractivity contribution in [1.82, 2.24) is 4.90 Å². The molecule has 0 aromatic heterocycles. The zero-order chi connectivity index (χ0) is 8.55. The highest BCUT2D eigenvalue weighted by molar-refractivity contribution is 5.68. The van der Waals surface area contributed by atoms with E-state index in [9.17, 15) is 4.79 Å². The summed E-state index contributed by atoms with van der Waals surface area (Å²) in [5.41, 5.74) is 0. The molecule has 2 atom stereocenters. The molecule has 3 nitrogen and oxygen atoms in total. The normalized spacial score (nSPS) is 35.8. The summed E-state index contributed by atoms with van der Waals surface area (Å²) in [5.74, 6) is 0.599. The number of carbonyl (C=O) groups is 1. The minimum absolute atomic E-state index is 0.141. The molecule has 0 radical (unpaired) electrons. The summed E-state index contributed by atoms with van der Waals surface area (Å²) in [6, 6.07) is 0. The topological polar surface area (TPSA) is 29.5 Å². The van der Waals surface area contributed by atoms with E-state index >= 15 is 0 Å². The Morgan fingerprint density at radius 2 is 2.17 bits per heavy atom. The second kappa shape index (κ2) is 2.96. The van der Waals surface area contributed by atoms with Crippen LogP contribution in [0.2, 0.25) is 0 Å². The van der Waals surface area contributed by atoms with Crippen LogP contribution in [0.1, 0.15) is 25.7 Å². The van der Waals surface area contributed by atoms with Gasteiger partial charge in [0.25, 0.3) is 0 Å². The average Bonchev–Trinajstić information content (AvgIpc) is 2.07. The molecule has 0 bridgehead atoms. The van der Waals surface area contributed by atoms with Crippen LogP contribution in [0.25, 0.3) is 0 Å². The van der Waals surface area contributed by atoms with Crippen LogP contribution in [-0.2, 0) is 4.74 Å². The first-order chi connectivity index (χ1) is 5.77. The molecule has 1 aliphatic heterocycles.